The molecular weight excluding hydrogens is 340 g/mol. The van der Waals surface area contributed by atoms with Crippen molar-refractivity contribution >= 4 is 22.5 Å². The highest BCUT2D eigenvalue weighted by Gasteiger charge is 2.32. The quantitative estimate of drug-likeness (QED) is 0.683. The Kier molecular flexibility index (Phi) is 3.17. The van der Waals surface area contributed by atoms with E-state index in [9.17, 15) is 17.6 Å². The maximum absolute atomic E-state index is 14.3. The third-order valence-electron chi connectivity index (χ3n) is 3.74. The number of hydrazine groups is 1. The third kappa shape index (κ3) is 2.46. The van der Waals surface area contributed by atoms with Gasteiger partial charge in [0.1, 0.15) is 11.8 Å². The molecule has 0 spiro atoms. The number of nitrogens with one attached hydrogen (secondary N) is 1. The fraction of sp³-hybridized carbons (Fsp3) is 0.133. The number of hydrogen-bond donors (Lipinski definition) is 1. The first-order valence-electron chi connectivity index (χ1n) is 7.15. The third-order valence-corrected chi connectivity index (χ3v) is 3.74. The molecule has 0 atom stereocenters. The highest BCUT2D eigenvalue weighted by atomic mass is 19.4. The second kappa shape index (κ2) is 5.16. The molecule has 0 saturated carbocycles. The van der Waals surface area contributed by atoms with Crippen molar-refractivity contribution in [1.29, 1.82) is 0 Å². The number of hydrogen-bond acceptors (Lipinski definition) is 5. The van der Waals surface area contributed by atoms with E-state index in [4.69, 9.17) is 0 Å². The molecule has 1 aliphatic heterocycles. The average Bonchev–Trinajstić information content (AvgIpc) is 3.04. The van der Waals surface area contributed by atoms with Crippen LogP contribution in [0.3, 0.4) is 0 Å². The zero-order chi connectivity index (χ0) is 17.8. The monoisotopic (exact) mass is 350 g/mol. The van der Waals surface area contributed by atoms with Crippen LogP contribution in [-0.2, 0) is 6.18 Å². The smallest absolute Gasteiger partial charge is 0.300 e. The van der Waals surface area contributed by atoms with Crippen molar-refractivity contribution in [2.45, 2.75) is 13.1 Å². The molecule has 4 rings (SSSR count). The molecule has 0 saturated heterocycles. The van der Waals surface area contributed by atoms with Gasteiger partial charge in [-0.25, -0.2) is 14.4 Å². The number of allylic oxidation sites excluding steroid dienone is 2. The van der Waals surface area contributed by atoms with Crippen LogP contribution in [0.25, 0.3) is 16.7 Å². The van der Waals surface area contributed by atoms with Crippen LogP contribution >= 0.6 is 0 Å². The van der Waals surface area contributed by atoms with Crippen molar-refractivity contribution in [2.24, 2.45) is 0 Å². The topological polar surface area (TPSA) is 58.4 Å². The van der Waals surface area contributed by atoms with Gasteiger partial charge in [-0.2, -0.15) is 13.2 Å². The minimum absolute atomic E-state index is 0.0659. The Morgan fingerprint density at radius 3 is 2.68 bits per heavy atom. The maximum atomic E-state index is 14.3. The molecule has 0 unspecified atom stereocenters. The van der Waals surface area contributed by atoms with Crippen molar-refractivity contribution in [3.63, 3.8) is 0 Å². The normalized spacial score (nSPS) is 14.9. The van der Waals surface area contributed by atoms with Gasteiger partial charge in [0.05, 0.1) is 11.1 Å². The van der Waals surface area contributed by atoms with Crippen LogP contribution in [0, 0.1) is 5.82 Å². The van der Waals surface area contributed by atoms with Gasteiger partial charge >= 0.3 is 6.18 Å². The van der Waals surface area contributed by atoms with Crippen molar-refractivity contribution in [3.8, 4) is 0 Å². The predicted molar refractivity (Wildman–Crippen MR) is 81.8 cm³/mol. The molecule has 0 aliphatic carbocycles. The van der Waals surface area contributed by atoms with E-state index in [1.807, 2.05) is 6.92 Å². The molecule has 3 aromatic rings. The first-order valence-corrected chi connectivity index (χ1v) is 7.15. The number of anilines is 1. The van der Waals surface area contributed by atoms with Gasteiger partial charge in [0.2, 0.25) is 5.65 Å². The van der Waals surface area contributed by atoms with Gasteiger partial charge < -0.3 is 0 Å². The second-order valence-corrected chi connectivity index (χ2v) is 5.49. The summed E-state index contributed by atoms with van der Waals surface area (Å²) in [6.45, 7) is 1.87. The van der Waals surface area contributed by atoms with Crippen molar-refractivity contribution in [2.75, 3.05) is 5.01 Å². The van der Waals surface area contributed by atoms with E-state index in [1.54, 1.807) is 18.5 Å². The van der Waals surface area contributed by atoms with E-state index < -0.39 is 17.6 Å². The molecule has 0 fully saturated rings. The van der Waals surface area contributed by atoms with Gasteiger partial charge in [-0.1, -0.05) is 0 Å². The fourth-order valence-corrected chi connectivity index (χ4v) is 2.51. The zero-order valence-electron chi connectivity index (χ0n) is 12.7. The summed E-state index contributed by atoms with van der Waals surface area (Å²) in [7, 11) is 0. The Balaban J connectivity index is 1.99. The summed E-state index contributed by atoms with van der Waals surface area (Å²) in [5.74, 6) is -0.863. The van der Waals surface area contributed by atoms with Crippen LogP contribution in [0.15, 0.2) is 42.5 Å². The summed E-state index contributed by atoms with van der Waals surface area (Å²) in [5.41, 5.74) is 2.69. The van der Waals surface area contributed by atoms with Crippen molar-refractivity contribution < 1.29 is 17.6 Å². The molecule has 3 heterocycles. The lowest BCUT2D eigenvalue weighted by Gasteiger charge is -2.23. The first-order chi connectivity index (χ1) is 11.8. The van der Waals surface area contributed by atoms with E-state index in [0.717, 1.165) is 11.6 Å². The molecule has 128 valence electrons. The molecule has 1 aliphatic rings. The average molecular weight is 350 g/mol. The lowest BCUT2D eigenvalue weighted by atomic mass is 10.1. The number of aromatic nitrogens is 4. The first kappa shape index (κ1) is 15.4. The standard InChI is InChI=1S/C15H10F4N6/c1-8-2-3-25(21-6-8)13-14-23-20-7-24(14)11-5-9(15(17,18)19)4-10(16)12(11)22-13/h2-7,21H,1H3. The van der Waals surface area contributed by atoms with Crippen molar-refractivity contribution in [3.05, 3.63) is 53.9 Å². The van der Waals surface area contributed by atoms with Gasteiger partial charge in [0.25, 0.3) is 0 Å². The molecule has 1 N–H and O–H groups in total. The summed E-state index contributed by atoms with van der Waals surface area (Å²) in [6, 6.07) is 1.26. The molecule has 1 aromatic carbocycles. The van der Waals surface area contributed by atoms with Crippen LogP contribution in [0.5, 0.6) is 0 Å². The molecular formula is C15H10F4N6. The van der Waals surface area contributed by atoms with Gasteiger partial charge in [0.15, 0.2) is 11.6 Å². The minimum atomic E-state index is -4.67. The fourth-order valence-electron chi connectivity index (χ4n) is 2.51. The number of alkyl halides is 3. The summed E-state index contributed by atoms with van der Waals surface area (Å²) in [5, 5.41) is 9.09. The summed E-state index contributed by atoms with van der Waals surface area (Å²) in [4.78, 5) is 4.16. The Bertz CT molecular complexity index is 1050. The van der Waals surface area contributed by atoms with Gasteiger partial charge in [-0.15, -0.1) is 10.2 Å². The Labute approximate surface area is 138 Å². The zero-order valence-corrected chi connectivity index (χ0v) is 12.7. The van der Waals surface area contributed by atoms with E-state index in [1.165, 1.54) is 15.7 Å². The SMILES string of the molecule is CC1=CNN(c2nc3c(F)cc(C(F)(F)F)cc3n3cnnc23)C=C1. The predicted octanol–water partition coefficient (Wildman–Crippen LogP) is 3.18. The van der Waals surface area contributed by atoms with Gasteiger partial charge in [-0.3, -0.25) is 9.83 Å². The maximum Gasteiger partial charge on any atom is 0.416 e. The van der Waals surface area contributed by atoms with Gasteiger partial charge in [0, 0.05) is 12.4 Å². The van der Waals surface area contributed by atoms with E-state index in [-0.39, 0.29) is 22.5 Å². The van der Waals surface area contributed by atoms with Crippen molar-refractivity contribution in [1.82, 2.24) is 25.0 Å². The Morgan fingerprint density at radius 2 is 2.00 bits per heavy atom. The van der Waals surface area contributed by atoms with Crippen LogP contribution in [0.4, 0.5) is 23.4 Å². The molecule has 2 aromatic heterocycles. The summed E-state index contributed by atoms with van der Waals surface area (Å²) in [6.07, 6.45) is 1.69. The van der Waals surface area contributed by atoms with Crippen LogP contribution in [0.1, 0.15) is 12.5 Å². The number of nitrogens with zero attached hydrogens (tertiary/aromatic N) is 5. The Morgan fingerprint density at radius 1 is 1.20 bits per heavy atom. The molecule has 0 bridgehead atoms. The van der Waals surface area contributed by atoms with Crippen LogP contribution < -0.4 is 10.4 Å². The summed E-state index contributed by atoms with van der Waals surface area (Å²) >= 11 is 0. The number of benzene rings is 1. The molecule has 6 nitrogen and oxygen atoms in total. The lowest BCUT2D eigenvalue weighted by Crippen LogP contribution is -2.32. The molecule has 25 heavy (non-hydrogen) atoms. The minimum Gasteiger partial charge on any atom is -0.300 e. The summed E-state index contributed by atoms with van der Waals surface area (Å²) < 4.78 is 54.5. The number of halogens is 4. The highest BCUT2D eigenvalue weighted by Crippen LogP contribution is 2.33. The van der Waals surface area contributed by atoms with E-state index in [2.05, 4.69) is 20.6 Å². The highest BCUT2D eigenvalue weighted by molar-refractivity contribution is 5.84. The molecule has 0 amide bonds. The van der Waals surface area contributed by atoms with Crippen LogP contribution in [0.2, 0.25) is 0 Å². The van der Waals surface area contributed by atoms with E-state index in [0.29, 0.717) is 6.07 Å². The number of rotatable bonds is 1. The molecule has 10 heteroatoms. The lowest BCUT2D eigenvalue weighted by molar-refractivity contribution is -0.137. The Hall–Kier alpha value is -3.17. The molecule has 0 radical (unpaired) electrons. The van der Waals surface area contributed by atoms with Crippen LogP contribution in [-0.4, -0.2) is 19.6 Å². The second-order valence-electron chi connectivity index (χ2n) is 5.49. The number of fused-ring (bicyclic) bond motifs is 3. The van der Waals surface area contributed by atoms with E-state index >= 15 is 0 Å². The largest absolute Gasteiger partial charge is 0.416 e. The van der Waals surface area contributed by atoms with Gasteiger partial charge in [-0.05, 0) is 30.7 Å².